The van der Waals surface area contributed by atoms with Crippen LogP contribution >= 0.6 is 23.1 Å². The van der Waals surface area contributed by atoms with E-state index in [1.807, 2.05) is 13.8 Å². The number of anilines is 2. The van der Waals surface area contributed by atoms with Crippen molar-refractivity contribution in [3.63, 3.8) is 0 Å². The van der Waals surface area contributed by atoms with Crippen LogP contribution < -0.4 is 10.6 Å². The highest BCUT2D eigenvalue weighted by atomic mass is 32.2. The van der Waals surface area contributed by atoms with Crippen LogP contribution in [0.5, 0.6) is 0 Å². The number of thioether (sulfide) groups is 1. The van der Waals surface area contributed by atoms with Crippen molar-refractivity contribution in [1.29, 1.82) is 0 Å². The quantitative estimate of drug-likeness (QED) is 0.689. The van der Waals surface area contributed by atoms with E-state index in [0.29, 0.717) is 6.54 Å². The first-order valence-corrected chi connectivity index (χ1v) is 9.88. The summed E-state index contributed by atoms with van der Waals surface area (Å²) in [5.41, 5.74) is 3.54. The fourth-order valence-electron chi connectivity index (χ4n) is 2.21. The number of aryl methyl sites for hydroxylation is 2. The van der Waals surface area contributed by atoms with Crippen molar-refractivity contribution >= 4 is 39.8 Å². The molecule has 1 amide bonds. The lowest BCUT2D eigenvalue weighted by Gasteiger charge is -2.11. The van der Waals surface area contributed by atoms with Crippen LogP contribution in [0.25, 0.3) is 0 Å². The minimum atomic E-state index is -0.179. The summed E-state index contributed by atoms with van der Waals surface area (Å²) in [5, 5.41) is 15.3. The smallest absolute Gasteiger partial charge is 0.233 e. The van der Waals surface area contributed by atoms with Crippen molar-refractivity contribution in [2.45, 2.75) is 50.1 Å². The number of nitrogens with zero attached hydrogens (tertiary/aromatic N) is 2. The average Bonchev–Trinajstić information content (AvgIpc) is 3.01. The molecule has 0 saturated carbocycles. The monoisotopic (exact) mass is 364 g/mol. The number of nitrogens with one attached hydrogen (secondary N) is 2. The average molecular weight is 365 g/mol. The molecule has 0 radical (unpaired) electrons. The summed E-state index contributed by atoms with van der Waals surface area (Å²) in [7, 11) is 0. The Bertz CT molecular complexity index is 687. The zero-order chi connectivity index (χ0) is 17.5. The molecule has 2 aromatic rings. The Labute approximate surface area is 151 Å². The number of aromatic nitrogens is 2. The van der Waals surface area contributed by atoms with Gasteiger partial charge in [-0.25, -0.2) is 0 Å². The maximum Gasteiger partial charge on any atom is 0.233 e. The van der Waals surface area contributed by atoms with Crippen molar-refractivity contribution in [2.75, 3.05) is 11.9 Å². The third-order valence-corrected chi connectivity index (χ3v) is 5.60. The molecule has 1 atom stereocenters. The maximum absolute atomic E-state index is 11.9. The molecular weight excluding hydrogens is 340 g/mol. The first kappa shape index (κ1) is 18.7. The molecule has 1 unspecified atom stereocenters. The summed E-state index contributed by atoms with van der Waals surface area (Å²) in [6, 6.07) is 6.27. The van der Waals surface area contributed by atoms with Crippen LogP contribution in [0, 0.1) is 6.92 Å². The molecule has 1 aromatic heterocycles. The highest BCUT2D eigenvalue weighted by Crippen LogP contribution is 2.32. The Morgan fingerprint density at radius 2 is 2.12 bits per heavy atom. The predicted molar refractivity (Wildman–Crippen MR) is 102 cm³/mol. The molecule has 2 N–H and O–H groups in total. The predicted octanol–water partition coefficient (Wildman–Crippen LogP) is 4.16. The summed E-state index contributed by atoms with van der Waals surface area (Å²) >= 11 is 2.92. The highest BCUT2D eigenvalue weighted by Gasteiger charge is 2.17. The van der Waals surface area contributed by atoms with Gasteiger partial charge in [-0.15, -0.1) is 10.2 Å². The zero-order valence-corrected chi connectivity index (χ0v) is 16.2. The standard InChI is InChI=1S/C17H24N4OS2/c1-5-10-18-15(22)12(4)23-17-21-20-16(24-17)19-14-11(3)8-7-9-13(14)6-2/h7-9,12H,5-6,10H2,1-4H3,(H,18,22)(H,19,20). The molecule has 0 bridgehead atoms. The van der Waals surface area contributed by atoms with Gasteiger partial charge < -0.3 is 10.6 Å². The topological polar surface area (TPSA) is 66.9 Å². The summed E-state index contributed by atoms with van der Waals surface area (Å²) in [5.74, 6) is 0.0405. The number of para-hydroxylation sites is 1. The molecule has 0 aliphatic rings. The normalized spacial score (nSPS) is 12.0. The third kappa shape index (κ3) is 4.95. The molecule has 0 aliphatic carbocycles. The Morgan fingerprint density at radius 1 is 1.33 bits per heavy atom. The van der Waals surface area contributed by atoms with Crippen molar-refractivity contribution in [3.05, 3.63) is 29.3 Å². The number of carbonyl (C=O) groups is 1. The molecule has 0 aliphatic heterocycles. The van der Waals surface area contributed by atoms with E-state index in [1.165, 1.54) is 34.2 Å². The van der Waals surface area contributed by atoms with E-state index in [-0.39, 0.29) is 11.2 Å². The molecule has 5 nitrogen and oxygen atoms in total. The zero-order valence-electron chi connectivity index (χ0n) is 14.5. The largest absolute Gasteiger partial charge is 0.355 e. The summed E-state index contributed by atoms with van der Waals surface area (Å²) in [6.45, 7) is 8.85. The van der Waals surface area contributed by atoms with Gasteiger partial charge in [0.25, 0.3) is 0 Å². The van der Waals surface area contributed by atoms with Gasteiger partial charge in [0.05, 0.1) is 5.25 Å². The molecule has 2 rings (SSSR count). The number of hydrogen-bond donors (Lipinski definition) is 2. The van der Waals surface area contributed by atoms with E-state index >= 15 is 0 Å². The molecule has 1 aromatic carbocycles. The third-order valence-electron chi connectivity index (χ3n) is 3.57. The molecule has 1 heterocycles. The van der Waals surface area contributed by atoms with E-state index in [2.05, 4.69) is 52.9 Å². The summed E-state index contributed by atoms with van der Waals surface area (Å²) in [6.07, 6.45) is 1.89. The van der Waals surface area contributed by atoms with Gasteiger partial charge in [0.2, 0.25) is 11.0 Å². The van der Waals surface area contributed by atoms with E-state index in [0.717, 1.165) is 28.0 Å². The molecule has 0 fully saturated rings. The molecule has 130 valence electrons. The van der Waals surface area contributed by atoms with E-state index in [9.17, 15) is 4.79 Å². The van der Waals surface area contributed by atoms with Crippen LogP contribution in [-0.2, 0) is 11.2 Å². The lowest BCUT2D eigenvalue weighted by molar-refractivity contribution is -0.120. The Morgan fingerprint density at radius 3 is 2.83 bits per heavy atom. The van der Waals surface area contributed by atoms with Crippen molar-refractivity contribution in [2.24, 2.45) is 0 Å². The summed E-state index contributed by atoms with van der Waals surface area (Å²) < 4.78 is 0.795. The van der Waals surface area contributed by atoms with E-state index in [4.69, 9.17) is 0 Å². The molecule has 0 spiro atoms. The van der Waals surface area contributed by atoms with Gasteiger partial charge in [-0.1, -0.05) is 55.1 Å². The van der Waals surface area contributed by atoms with Crippen LogP contribution in [0.1, 0.15) is 38.3 Å². The van der Waals surface area contributed by atoms with Crippen LogP contribution in [-0.4, -0.2) is 27.9 Å². The Kier molecular flexibility index (Phi) is 7.05. The number of hydrogen-bond acceptors (Lipinski definition) is 6. The van der Waals surface area contributed by atoms with Gasteiger partial charge in [0.15, 0.2) is 4.34 Å². The first-order chi connectivity index (χ1) is 11.5. The minimum Gasteiger partial charge on any atom is -0.355 e. The van der Waals surface area contributed by atoms with Gasteiger partial charge in [-0.05, 0) is 37.8 Å². The number of benzene rings is 1. The van der Waals surface area contributed by atoms with Gasteiger partial charge in [0.1, 0.15) is 0 Å². The lowest BCUT2D eigenvalue weighted by Crippen LogP contribution is -2.31. The Hall–Kier alpha value is -1.60. The van der Waals surface area contributed by atoms with E-state index in [1.54, 1.807) is 0 Å². The fraction of sp³-hybridized carbons (Fsp3) is 0.471. The van der Waals surface area contributed by atoms with Gasteiger partial charge in [0, 0.05) is 12.2 Å². The maximum atomic E-state index is 11.9. The summed E-state index contributed by atoms with van der Waals surface area (Å²) in [4.78, 5) is 11.9. The second kappa shape index (κ2) is 9.03. The minimum absolute atomic E-state index is 0.0405. The van der Waals surface area contributed by atoms with E-state index < -0.39 is 0 Å². The first-order valence-electron chi connectivity index (χ1n) is 8.18. The lowest BCUT2D eigenvalue weighted by atomic mass is 10.1. The molecular formula is C17H24N4OS2. The van der Waals surface area contributed by atoms with Crippen LogP contribution in [0.4, 0.5) is 10.8 Å². The van der Waals surface area contributed by atoms with Crippen molar-refractivity contribution < 1.29 is 4.79 Å². The Balaban J connectivity index is 2.02. The molecule has 24 heavy (non-hydrogen) atoms. The number of amides is 1. The van der Waals surface area contributed by atoms with Crippen molar-refractivity contribution in [3.8, 4) is 0 Å². The number of carbonyl (C=O) groups excluding carboxylic acids is 1. The van der Waals surface area contributed by atoms with Crippen LogP contribution in [0.2, 0.25) is 0 Å². The SMILES string of the molecule is CCCNC(=O)C(C)Sc1nnc(Nc2c(C)cccc2CC)s1. The number of rotatable bonds is 8. The van der Waals surface area contributed by atoms with Gasteiger partial charge >= 0.3 is 0 Å². The highest BCUT2D eigenvalue weighted by molar-refractivity contribution is 8.02. The second-order valence-corrected chi connectivity index (χ2v) is 8.08. The second-order valence-electron chi connectivity index (χ2n) is 5.51. The van der Waals surface area contributed by atoms with Gasteiger partial charge in [-0.2, -0.15) is 0 Å². The fourth-order valence-corrected chi connectivity index (χ4v) is 4.14. The van der Waals surface area contributed by atoms with Crippen LogP contribution in [0.15, 0.2) is 22.5 Å². The van der Waals surface area contributed by atoms with Crippen LogP contribution in [0.3, 0.4) is 0 Å². The van der Waals surface area contributed by atoms with Gasteiger partial charge in [-0.3, -0.25) is 4.79 Å². The molecule has 0 saturated heterocycles. The molecule has 7 heteroatoms. The van der Waals surface area contributed by atoms with Crippen molar-refractivity contribution in [1.82, 2.24) is 15.5 Å².